The minimum absolute atomic E-state index is 0.00562. The second-order valence-corrected chi connectivity index (χ2v) is 7.99. The zero-order valence-electron chi connectivity index (χ0n) is 15.7. The van der Waals surface area contributed by atoms with Crippen LogP contribution in [0, 0.1) is 0 Å². The van der Waals surface area contributed by atoms with Gasteiger partial charge in [-0.2, -0.15) is 0 Å². The van der Waals surface area contributed by atoms with Crippen molar-refractivity contribution in [3.63, 3.8) is 0 Å². The number of rotatable bonds is 6. The number of aromatic nitrogens is 1. The van der Waals surface area contributed by atoms with Gasteiger partial charge in [0.05, 0.1) is 17.3 Å². The Labute approximate surface area is 168 Å². The molecular formula is C23H22N3OS+. The lowest BCUT2D eigenvalue weighted by Crippen LogP contribution is -3.08. The molecule has 0 fully saturated rings. The first kappa shape index (κ1) is 18.3. The normalized spacial score (nSPS) is 12.0. The van der Waals surface area contributed by atoms with Crippen LogP contribution in [0.5, 0.6) is 0 Å². The Hall–Kier alpha value is -3.02. The highest BCUT2D eigenvalue weighted by atomic mass is 32.1. The molecular weight excluding hydrogens is 366 g/mol. The zero-order valence-corrected chi connectivity index (χ0v) is 16.5. The van der Waals surface area contributed by atoms with E-state index in [-0.39, 0.29) is 5.91 Å². The molecule has 1 atom stereocenters. The topological polar surface area (TPSA) is 46.4 Å². The fourth-order valence-corrected chi connectivity index (χ4v) is 4.25. The molecule has 1 amide bonds. The number of nitrogens with zero attached hydrogens (tertiary/aromatic N) is 1. The summed E-state index contributed by atoms with van der Waals surface area (Å²) < 4.78 is 1.19. The predicted molar refractivity (Wildman–Crippen MR) is 116 cm³/mol. The van der Waals surface area contributed by atoms with Crippen LogP contribution in [0.1, 0.15) is 5.01 Å². The first-order valence-electron chi connectivity index (χ1n) is 9.28. The minimum Gasteiger partial charge on any atom is -0.324 e. The molecule has 4 aromatic rings. The molecule has 1 heterocycles. The quantitative estimate of drug-likeness (QED) is 0.530. The summed E-state index contributed by atoms with van der Waals surface area (Å²) in [6, 6.07) is 26.3. The molecule has 28 heavy (non-hydrogen) atoms. The fraction of sp³-hybridized carbons (Fsp3) is 0.130. The number of anilines is 1. The molecule has 140 valence electrons. The number of para-hydroxylation sites is 1. The molecule has 2 N–H and O–H groups in total. The molecule has 4 rings (SSSR count). The van der Waals surface area contributed by atoms with Crippen molar-refractivity contribution in [2.75, 3.05) is 18.9 Å². The van der Waals surface area contributed by atoms with Crippen molar-refractivity contribution in [1.29, 1.82) is 0 Å². The zero-order chi connectivity index (χ0) is 19.3. The number of carbonyl (C=O) groups is 1. The smallest absolute Gasteiger partial charge is 0.279 e. The number of hydrogen-bond acceptors (Lipinski definition) is 3. The minimum atomic E-state index is 0.00562. The molecule has 3 aromatic carbocycles. The van der Waals surface area contributed by atoms with E-state index < -0.39 is 0 Å². The van der Waals surface area contributed by atoms with Crippen molar-refractivity contribution < 1.29 is 9.69 Å². The van der Waals surface area contributed by atoms with E-state index >= 15 is 0 Å². The average molecular weight is 389 g/mol. The van der Waals surface area contributed by atoms with Gasteiger partial charge in [-0.3, -0.25) is 4.79 Å². The SMILES string of the molecule is C[NH+](CC(=O)Nc1ccc(-c2ccccc2)cc1)Cc1nc2ccccc2s1. The van der Waals surface area contributed by atoms with E-state index in [9.17, 15) is 4.79 Å². The van der Waals surface area contributed by atoms with E-state index in [1.54, 1.807) is 11.3 Å². The Kier molecular flexibility index (Phi) is 5.46. The second kappa shape index (κ2) is 8.33. The maximum atomic E-state index is 12.4. The highest BCUT2D eigenvalue weighted by molar-refractivity contribution is 7.18. The summed E-state index contributed by atoms with van der Waals surface area (Å²) in [5.41, 5.74) is 4.15. The monoisotopic (exact) mass is 388 g/mol. The highest BCUT2D eigenvalue weighted by Gasteiger charge is 2.13. The molecule has 0 aliphatic heterocycles. The van der Waals surface area contributed by atoms with Gasteiger partial charge in [-0.15, -0.1) is 11.3 Å². The van der Waals surface area contributed by atoms with Gasteiger partial charge in [0.1, 0.15) is 11.6 Å². The molecule has 0 radical (unpaired) electrons. The van der Waals surface area contributed by atoms with Crippen molar-refractivity contribution >= 4 is 33.1 Å². The third-order valence-electron chi connectivity index (χ3n) is 4.53. The Balaban J connectivity index is 1.33. The van der Waals surface area contributed by atoms with E-state index in [0.717, 1.165) is 33.2 Å². The van der Waals surface area contributed by atoms with Crippen LogP contribution in [-0.2, 0) is 11.3 Å². The maximum Gasteiger partial charge on any atom is 0.279 e. The van der Waals surface area contributed by atoms with Gasteiger partial charge in [-0.25, -0.2) is 4.98 Å². The second-order valence-electron chi connectivity index (χ2n) is 6.88. The van der Waals surface area contributed by atoms with E-state index in [1.807, 2.05) is 67.7 Å². The molecule has 0 aliphatic rings. The summed E-state index contributed by atoms with van der Waals surface area (Å²) >= 11 is 1.69. The van der Waals surface area contributed by atoms with Crippen molar-refractivity contribution in [1.82, 2.24) is 4.98 Å². The van der Waals surface area contributed by atoms with Crippen molar-refractivity contribution in [3.8, 4) is 11.1 Å². The van der Waals surface area contributed by atoms with Crippen LogP contribution in [0.15, 0.2) is 78.9 Å². The third kappa shape index (κ3) is 4.44. The van der Waals surface area contributed by atoms with Crippen LogP contribution in [0.2, 0.25) is 0 Å². The lowest BCUT2D eigenvalue weighted by molar-refractivity contribution is -0.885. The van der Waals surface area contributed by atoms with Crippen LogP contribution in [0.3, 0.4) is 0 Å². The van der Waals surface area contributed by atoms with Gasteiger partial charge in [0.25, 0.3) is 5.91 Å². The summed E-state index contributed by atoms with van der Waals surface area (Å²) in [7, 11) is 2.02. The van der Waals surface area contributed by atoms with Crippen LogP contribution in [0.4, 0.5) is 5.69 Å². The fourth-order valence-electron chi connectivity index (χ4n) is 3.17. The van der Waals surface area contributed by atoms with Crippen molar-refractivity contribution in [2.24, 2.45) is 0 Å². The predicted octanol–water partition coefficient (Wildman–Crippen LogP) is 3.62. The van der Waals surface area contributed by atoms with Crippen molar-refractivity contribution in [2.45, 2.75) is 6.54 Å². The standard InChI is InChI=1S/C23H21N3OS/c1-26(16-23-25-20-9-5-6-10-21(20)28-23)15-22(27)24-19-13-11-18(12-14-19)17-7-3-2-4-8-17/h2-14H,15-16H2,1H3,(H,24,27)/p+1. The molecule has 1 aromatic heterocycles. The number of likely N-dealkylation sites (N-methyl/N-ethyl adjacent to an activating group) is 1. The first-order chi connectivity index (χ1) is 13.7. The van der Waals surface area contributed by atoms with Gasteiger partial charge in [-0.05, 0) is 35.4 Å². The number of benzene rings is 3. The number of fused-ring (bicyclic) bond motifs is 1. The van der Waals surface area contributed by atoms with E-state index in [4.69, 9.17) is 0 Å². The third-order valence-corrected chi connectivity index (χ3v) is 5.57. The van der Waals surface area contributed by atoms with Gasteiger partial charge in [0.2, 0.25) is 0 Å². The number of carbonyl (C=O) groups excluding carboxylic acids is 1. The molecule has 1 unspecified atom stereocenters. The van der Waals surface area contributed by atoms with Gasteiger partial charge in [0, 0.05) is 5.69 Å². The summed E-state index contributed by atoms with van der Waals surface area (Å²) in [5.74, 6) is 0.00562. The summed E-state index contributed by atoms with van der Waals surface area (Å²) in [6.45, 7) is 1.13. The summed E-state index contributed by atoms with van der Waals surface area (Å²) in [5, 5.41) is 4.04. The highest BCUT2D eigenvalue weighted by Crippen LogP contribution is 2.21. The Bertz CT molecular complexity index is 1040. The Morgan fingerprint density at radius 3 is 2.36 bits per heavy atom. The lowest BCUT2D eigenvalue weighted by Gasteiger charge is -2.12. The van der Waals surface area contributed by atoms with Crippen LogP contribution >= 0.6 is 11.3 Å². The molecule has 5 heteroatoms. The Morgan fingerprint density at radius 2 is 1.61 bits per heavy atom. The Morgan fingerprint density at radius 1 is 0.929 bits per heavy atom. The van der Waals surface area contributed by atoms with Gasteiger partial charge >= 0.3 is 0 Å². The number of nitrogens with one attached hydrogen (secondary N) is 2. The largest absolute Gasteiger partial charge is 0.324 e. The van der Waals surface area contributed by atoms with Gasteiger partial charge in [0.15, 0.2) is 6.54 Å². The molecule has 0 saturated heterocycles. The summed E-state index contributed by atoms with van der Waals surface area (Å²) in [6.07, 6.45) is 0. The number of hydrogen-bond donors (Lipinski definition) is 2. The lowest BCUT2D eigenvalue weighted by atomic mass is 10.1. The van der Waals surface area contributed by atoms with Crippen LogP contribution in [0.25, 0.3) is 21.3 Å². The number of quaternary nitrogens is 1. The molecule has 0 spiro atoms. The molecule has 0 bridgehead atoms. The van der Waals surface area contributed by atoms with Crippen LogP contribution < -0.4 is 10.2 Å². The molecule has 0 aliphatic carbocycles. The van der Waals surface area contributed by atoms with Gasteiger partial charge in [-0.1, -0.05) is 54.6 Å². The maximum absolute atomic E-state index is 12.4. The van der Waals surface area contributed by atoms with E-state index in [2.05, 4.69) is 28.5 Å². The average Bonchev–Trinajstić information content (AvgIpc) is 3.11. The first-order valence-corrected chi connectivity index (χ1v) is 10.1. The molecule has 0 saturated carbocycles. The number of amides is 1. The van der Waals surface area contributed by atoms with Gasteiger partial charge < -0.3 is 10.2 Å². The van der Waals surface area contributed by atoms with Crippen molar-refractivity contribution in [3.05, 3.63) is 83.9 Å². The van der Waals surface area contributed by atoms with E-state index in [0.29, 0.717) is 6.54 Å². The molecule has 4 nitrogen and oxygen atoms in total. The number of thiazole rings is 1. The van der Waals surface area contributed by atoms with E-state index in [1.165, 1.54) is 10.3 Å². The van der Waals surface area contributed by atoms with Crippen LogP contribution in [-0.4, -0.2) is 24.5 Å². The summed E-state index contributed by atoms with van der Waals surface area (Å²) in [4.78, 5) is 18.1.